The summed E-state index contributed by atoms with van der Waals surface area (Å²) in [7, 11) is 0. The lowest BCUT2D eigenvalue weighted by Gasteiger charge is -2.14. The van der Waals surface area contributed by atoms with Crippen LogP contribution < -0.4 is 0 Å². The minimum atomic E-state index is 0.117. The van der Waals surface area contributed by atoms with Crippen LogP contribution >= 0.6 is 31.9 Å². The number of furan rings is 1. The summed E-state index contributed by atoms with van der Waals surface area (Å²) in [5, 5.41) is 2.57. The maximum Gasteiger partial charge on any atom is 0.173 e. The molecule has 0 saturated carbocycles. The van der Waals surface area contributed by atoms with Crippen LogP contribution in [0.2, 0.25) is 0 Å². The summed E-state index contributed by atoms with van der Waals surface area (Å²) >= 11 is 7.23. The van der Waals surface area contributed by atoms with Gasteiger partial charge in [-0.15, -0.1) is 0 Å². The average Bonchev–Trinajstić information content (AvgIpc) is 2.85. The molecule has 19 heavy (non-hydrogen) atoms. The molecule has 0 radical (unpaired) electrons. The van der Waals surface area contributed by atoms with Gasteiger partial charge in [-0.2, -0.15) is 0 Å². The molecule has 0 spiro atoms. The Labute approximate surface area is 128 Å². The van der Waals surface area contributed by atoms with Gasteiger partial charge in [-0.25, -0.2) is 0 Å². The lowest BCUT2D eigenvalue weighted by atomic mass is 9.97. The van der Waals surface area contributed by atoms with Gasteiger partial charge in [-0.05, 0) is 50.8 Å². The first kappa shape index (κ1) is 12.9. The number of hydrogen-bond donors (Lipinski definition) is 0. The van der Waals surface area contributed by atoms with Crippen molar-refractivity contribution in [2.24, 2.45) is 0 Å². The molecule has 0 aliphatic heterocycles. The third-order valence-corrected chi connectivity index (χ3v) is 5.00. The Balaban J connectivity index is 2.21. The first-order valence-electron chi connectivity index (χ1n) is 6.03. The lowest BCUT2D eigenvalue weighted by molar-refractivity contribution is 0.537. The number of rotatable bonds is 2. The van der Waals surface area contributed by atoms with E-state index in [1.54, 1.807) is 6.26 Å². The Hall–Kier alpha value is -1.06. The van der Waals surface area contributed by atoms with Crippen LogP contribution in [-0.2, 0) is 0 Å². The van der Waals surface area contributed by atoms with Crippen molar-refractivity contribution in [3.05, 3.63) is 70.1 Å². The Bertz CT molecular complexity index is 730. The van der Waals surface area contributed by atoms with Crippen molar-refractivity contribution in [1.82, 2.24) is 0 Å². The molecule has 1 nitrogen and oxygen atoms in total. The minimum absolute atomic E-state index is 0.117. The van der Waals surface area contributed by atoms with E-state index in [1.807, 2.05) is 6.07 Å². The van der Waals surface area contributed by atoms with E-state index < -0.39 is 0 Å². The third-order valence-electron chi connectivity index (χ3n) is 3.37. The maximum atomic E-state index is 5.33. The number of aryl methyl sites for hydroxylation is 1. The molecule has 96 valence electrons. The first-order chi connectivity index (χ1) is 9.18. The van der Waals surface area contributed by atoms with Crippen LogP contribution in [-0.4, -0.2) is 0 Å². The summed E-state index contributed by atoms with van der Waals surface area (Å²) in [4.78, 5) is 0.117. The van der Waals surface area contributed by atoms with Crippen molar-refractivity contribution >= 4 is 42.6 Å². The predicted octanol–water partition coefficient (Wildman–Crippen LogP) is 5.99. The molecule has 1 heterocycles. The average molecular weight is 380 g/mol. The molecule has 0 amide bonds. The summed E-state index contributed by atoms with van der Waals surface area (Å²) in [5.41, 5.74) is 3.66. The molecule has 0 bridgehead atoms. The standard InChI is InChI=1S/C16H12Br2O/c1-10-6-7-13(12-5-3-2-4-11(10)12)15(17)14-8-9-19-16(14)18/h2-9,15H,1H3. The van der Waals surface area contributed by atoms with E-state index in [4.69, 9.17) is 4.42 Å². The Morgan fingerprint density at radius 1 is 0.947 bits per heavy atom. The number of alkyl halides is 1. The monoisotopic (exact) mass is 378 g/mol. The van der Waals surface area contributed by atoms with Crippen LogP contribution in [0.5, 0.6) is 0 Å². The molecule has 1 aromatic heterocycles. The van der Waals surface area contributed by atoms with Gasteiger partial charge >= 0.3 is 0 Å². The van der Waals surface area contributed by atoms with Gasteiger partial charge < -0.3 is 4.42 Å². The van der Waals surface area contributed by atoms with Crippen LogP contribution in [0.3, 0.4) is 0 Å². The maximum absolute atomic E-state index is 5.33. The molecule has 3 aromatic rings. The largest absolute Gasteiger partial charge is 0.457 e. The molecule has 1 unspecified atom stereocenters. The quantitative estimate of drug-likeness (QED) is 0.498. The van der Waals surface area contributed by atoms with E-state index in [2.05, 4.69) is 75.2 Å². The number of halogens is 2. The molecule has 1 atom stereocenters. The highest BCUT2D eigenvalue weighted by Crippen LogP contribution is 2.39. The van der Waals surface area contributed by atoms with E-state index in [1.165, 1.54) is 21.9 Å². The van der Waals surface area contributed by atoms with Crippen LogP contribution in [0.15, 0.2) is 57.8 Å². The predicted molar refractivity (Wildman–Crippen MR) is 85.9 cm³/mol. The number of benzene rings is 2. The summed E-state index contributed by atoms with van der Waals surface area (Å²) in [5.74, 6) is 0. The summed E-state index contributed by atoms with van der Waals surface area (Å²) in [6.07, 6.45) is 1.70. The zero-order valence-corrected chi connectivity index (χ0v) is 13.5. The lowest BCUT2D eigenvalue weighted by Crippen LogP contribution is -1.94. The highest BCUT2D eigenvalue weighted by atomic mass is 79.9. The summed E-state index contributed by atoms with van der Waals surface area (Å²) < 4.78 is 6.11. The van der Waals surface area contributed by atoms with Crippen molar-refractivity contribution in [3.8, 4) is 0 Å². The smallest absolute Gasteiger partial charge is 0.173 e. The van der Waals surface area contributed by atoms with Gasteiger partial charge in [0.1, 0.15) is 0 Å². The molecular weight excluding hydrogens is 368 g/mol. The van der Waals surface area contributed by atoms with E-state index in [-0.39, 0.29) is 4.83 Å². The van der Waals surface area contributed by atoms with Crippen LogP contribution in [0.4, 0.5) is 0 Å². The van der Waals surface area contributed by atoms with Crippen molar-refractivity contribution in [2.75, 3.05) is 0 Å². The molecule has 0 aliphatic rings. The van der Waals surface area contributed by atoms with Gasteiger partial charge in [0.15, 0.2) is 4.67 Å². The zero-order valence-electron chi connectivity index (χ0n) is 10.4. The van der Waals surface area contributed by atoms with E-state index in [9.17, 15) is 0 Å². The highest BCUT2D eigenvalue weighted by molar-refractivity contribution is 9.10. The minimum Gasteiger partial charge on any atom is -0.457 e. The second kappa shape index (κ2) is 5.14. The fraction of sp³-hybridized carbons (Fsp3) is 0.125. The molecule has 3 heteroatoms. The van der Waals surface area contributed by atoms with Crippen LogP contribution in [0, 0.1) is 6.92 Å². The van der Waals surface area contributed by atoms with Crippen molar-refractivity contribution in [1.29, 1.82) is 0 Å². The Morgan fingerprint density at radius 3 is 2.37 bits per heavy atom. The second-order valence-corrected chi connectivity index (χ2v) is 6.17. The molecule has 3 rings (SSSR count). The van der Waals surface area contributed by atoms with Gasteiger partial charge in [0.05, 0.1) is 11.1 Å². The Morgan fingerprint density at radius 2 is 1.68 bits per heavy atom. The normalized spacial score (nSPS) is 12.8. The van der Waals surface area contributed by atoms with Crippen molar-refractivity contribution in [2.45, 2.75) is 11.8 Å². The van der Waals surface area contributed by atoms with Crippen molar-refractivity contribution in [3.63, 3.8) is 0 Å². The number of hydrogen-bond acceptors (Lipinski definition) is 1. The van der Waals surface area contributed by atoms with E-state index in [0.717, 1.165) is 10.2 Å². The van der Waals surface area contributed by atoms with E-state index in [0.29, 0.717) is 0 Å². The number of fused-ring (bicyclic) bond motifs is 1. The Kier molecular flexibility index (Phi) is 3.50. The second-order valence-electron chi connectivity index (χ2n) is 4.53. The summed E-state index contributed by atoms with van der Waals surface area (Å²) in [6, 6.07) is 14.8. The van der Waals surface area contributed by atoms with Crippen molar-refractivity contribution < 1.29 is 4.42 Å². The molecular formula is C16H12Br2O. The van der Waals surface area contributed by atoms with E-state index >= 15 is 0 Å². The molecule has 2 aromatic carbocycles. The molecule has 0 aliphatic carbocycles. The van der Waals surface area contributed by atoms with Gasteiger partial charge in [0, 0.05) is 5.56 Å². The van der Waals surface area contributed by atoms with Gasteiger partial charge in [-0.3, -0.25) is 0 Å². The van der Waals surface area contributed by atoms with Crippen LogP contribution in [0.1, 0.15) is 21.5 Å². The third kappa shape index (κ3) is 2.26. The molecule has 0 saturated heterocycles. The van der Waals surface area contributed by atoms with Gasteiger partial charge in [0.25, 0.3) is 0 Å². The molecule has 0 fully saturated rings. The zero-order chi connectivity index (χ0) is 13.4. The SMILES string of the molecule is Cc1ccc(C(Br)c2ccoc2Br)c2ccccc12. The van der Waals surface area contributed by atoms with Gasteiger partial charge in [0.2, 0.25) is 0 Å². The fourth-order valence-electron chi connectivity index (χ4n) is 2.35. The fourth-order valence-corrected chi connectivity index (χ4v) is 3.88. The molecule has 0 N–H and O–H groups in total. The highest BCUT2D eigenvalue weighted by Gasteiger charge is 2.18. The van der Waals surface area contributed by atoms with Gasteiger partial charge in [-0.1, -0.05) is 52.3 Å². The summed E-state index contributed by atoms with van der Waals surface area (Å²) in [6.45, 7) is 2.14. The topological polar surface area (TPSA) is 13.1 Å². The first-order valence-corrected chi connectivity index (χ1v) is 7.74. The van der Waals surface area contributed by atoms with Crippen LogP contribution in [0.25, 0.3) is 10.8 Å².